The standard InChI is InChI=1S/C15H23N3O/c1-12-4-2-5-14(10-12)17-15(19)6-3-8-18-9-7-13(16)11-18/h2,4-5,10,13H,3,6-9,11,16H2,1H3,(H,17,19)/t13-/m1/s1. The molecule has 2 rings (SSSR count). The number of carbonyl (C=O) groups is 1. The molecular formula is C15H23N3O. The minimum absolute atomic E-state index is 0.0918. The number of rotatable bonds is 5. The quantitative estimate of drug-likeness (QED) is 0.849. The molecule has 4 heteroatoms. The van der Waals surface area contributed by atoms with E-state index in [9.17, 15) is 4.79 Å². The molecule has 0 aliphatic carbocycles. The molecule has 1 heterocycles. The SMILES string of the molecule is Cc1cccc(NC(=O)CCCN2CC[C@@H](N)C2)c1. The lowest BCUT2D eigenvalue weighted by Crippen LogP contribution is -2.27. The number of aryl methyl sites for hydroxylation is 1. The molecular weight excluding hydrogens is 238 g/mol. The number of carbonyl (C=O) groups excluding carboxylic acids is 1. The van der Waals surface area contributed by atoms with Crippen LogP contribution in [0.25, 0.3) is 0 Å². The Morgan fingerprint density at radius 1 is 1.53 bits per heavy atom. The van der Waals surface area contributed by atoms with E-state index in [1.807, 2.05) is 31.2 Å². The summed E-state index contributed by atoms with van der Waals surface area (Å²) in [4.78, 5) is 14.1. The summed E-state index contributed by atoms with van der Waals surface area (Å²) in [6.07, 6.45) is 2.54. The molecule has 1 saturated heterocycles. The lowest BCUT2D eigenvalue weighted by molar-refractivity contribution is -0.116. The number of benzene rings is 1. The van der Waals surface area contributed by atoms with Crippen LogP contribution in [0.4, 0.5) is 5.69 Å². The Labute approximate surface area is 115 Å². The number of anilines is 1. The van der Waals surface area contributed by atoms with E-state index in [2.05, 4.69) is 10.2 Å². The zero-order chi connectivity index (χ0) is 13.7. The maximum absolute atomic E-state index is 11.8. The molecule has 0 spiro atoms. The first-order valence-electron chi connectivity index (χ1n) is 6.98. The van der Waals surface area contributed by atoms with Gasteiger partial charge in [0.2, 0.25) is 5.91 Å². The van der Waals surface area contributed by atoms with Crippen molar-refractivity contribution in [2.75, 3.05) is 25.0 Å². The van der Waals surface area contributed by atoms with Crippen LogP contribution in [0.1, 0.15) is 24.8 Å². The van der Waals surface area contributed by atoms with Crippen molar-refractivity contribution in [1.29, 1.82) is 0 Å². The molecule has 1 amide bonds. The van der Waals surface area contributed by atoms with Crippen LogP contribution in [0, 0.1) is 6.92 Å². The Bertz CT molecular complexity index is 433. The summed E-state index contributed by atoms with van der Waals surface area (Å²) < 4.78 is 0. The average Bonchev–Trinajstić information content (AvgIpc) is 2.75. The molecule has 19 heavy (non-hydrogen) atoms. The van der Waals surface area contributed by atoms with Crippen LogP contribution in [0.3, 0.4) is 0 Å². The number of nitrogens with one attached hydrogen (secondary N) is 1. The number of hydrogen-bond acceptors (Lipinski definition) is 3. The van der Waals surface area contributed by atoms with Crippen LogP contribution in [0.2, 0.25) is 0 Å². The Morgan fingerprint density at radius 2 is 2.37 bits per heavy atom. The second-order valence-electron chi connectivity index (χ2n) is 5.37. The smallest absolute Gasteiger partial charge is 0.224 e. The van der Waals surface area contributed by atoms with E-state index in [0.717, 1.165) is 43.7 Å². The van der Waals surface area contributed by atoms with Gasteiger partial charge in [-0.2, -0.15) is 0 Å². The third-order valence-corrected chi connectivity index (χ3v) is 3.49. The third kappa shape index (κ3) is 4.65. The number of amides is 1. The highest BCUT2D eigenvalue weighted by atomic mass is 16.1. The molecule has 1 fully saturated rings. The summed E-state index contributed by atoms with van der Waals surface area (Å²) in [5, 5.41) is 2.93. The van der Waals surface area contributed by atoms with E-state index in [4.69, 9.17) is 5.73 Å². The van der Waals surface area contributed by atoms with Gasteiger partial charge in [0.05, 0.1) is 0 Å². The topological polar surface area (TPSA) is 58.4 Å². The minimum Gasteiger partial charge on any atom is -0.326 e. The van der Waals surface area contributed by atoms with Gasteiger partial charge in [0.25, 0.3) is 0 Å². The monoisotopic (exact) mass is 261 g/mol. The van der Waals surface area contributed by atoms with Crippen LogP contribution in [-0.2, 0) is 4.79 Å². The van der Waals surface area contributed by atoms with Gasteiger partial charge < -0.3 is 16.0 Å². The normalized spacial score (nSPS) is 19.6. The minimum atomic E-state index is 0.0918. The summed E-state index contributed by atoms with van der Waals surface area (Å²) >= 11 is 0. The van der Waals surface area contributed by atoms with E-state index in [1.165, 1.54) is 0 Å². The fourth-order valence-electron chi connectivity index (χ4n) is 2.48. The lowest BCUT2D eigenvalue weighted by Gasteiger charge is -2.14. The summed E-state index contributed by atoms with van der Waals surface area (Å²) in [6.45, 7) is 5.03. The molecule has 4 nitrogen and oxygen atoms in total. The van der Waals surface area contributed by atoms with Crippen molar-refractivity contribution in [2.24, 2.45) is 5.73 Å². The molecule has 0 aromatic heterocycles. The van der Waals surface area contributed by atoms with Crippen molar-refractivity contribution >= 4 is 11.6 Å². The van der Waals surface area contributed by atoms with E-state index in [0.29, 0.717) is 12.5 Å². The van der Waals surface area contributed by atoms with Crippen molar-refractivity contribution in [3.05, 3.63) is 29.8 Å². The van der Waals surface area contributed by atoms with Gasteiger partial charge in [-0.3, -0.25) is 4.79 Å². The van der Waals surface area contributed by atoms with Gasteiger partial charge in [-0.1, -0.05) is 12.1 Å². The van der Waals surface area contributed by atoms with E-state index >= 15 is 0 Å². The Hall–Kier alpha value is -1.39. The van der Waals surface area contributed by atoms with Gasteiger partial charge in [0.15, 0.2) is 0 Å². The molecule has 1 aliphatic rings. The van der Waals surface area contributed by atoms with Gasteiger partial charge in [-0.05, 0) is 50.6 Å². The van der Waals surface area contributed by atoms with E-state index < -0.39 is 0 Å². The van der Waals surface area contributed by atoms with Crippen LogP contribution in [-0.4, -0.2) is 36.5 Å². The molecule has 0 bridgehead atoms. The molecule has 3 N–H and O–H groups in total. The van der Waals surface area contributed by atoms with Gasteiger partial charge in [-0.25, -0.2) is 0 Å². The van der Waals surface area contributed by atoms with Gasteiger partial charge in [0.1, 0.15) is 0 Å². The first-order chi connectivity index (χ1) is 9.13. The number of nitrogens with zero attached hydrogens (tertiary/aromatic N) is 1. The molecule has 1 aromatic carbocycles. The highest BCUT2D eigenvalue weighted by molar-refractivity contribution is 5.90. The van der Waals surface area contributed by atoms with Crippen molar-refractivity contribution in [3.8, 4) is 0 Å². The van der Waals surface area contributed by atoms with Crippen LogP contribution in [0.5, 0.6) is 0 Å². The Morgan fingerprint density at radius 3 is 3.05 bits per heavy atom. The fourth-order valence-corrected chi connectivity index (χ4v) is 2.48. The van der Waals surface area contributed by atoms with Gasteiger partial charge in [-0.15, -0.1) is 0 Å². The van der Waals surface area contributed by atoms with Crippen LogP contribution >= 0.6 is 0 Å². The maximum atomic E-state index is 11.8. The first kappa shape index (κ1) is 14.0. The summed E-state index contributed by atoms with van der Waals surface area (Å²) in [6, 6.07) is 8.20. The van der Waals surface area contributed by atoms with Crippen molar-refractivity contribution < 1.29 is 4.79 Å². The van der Waals surface area contributed by atoms with Gasteiger partial charge in [0, 0.05) is 24.7 Å². The van der Waals surface area contributed by atoms with Crippen molar-refractivity contribution in [2.45, 2.75) is 32.2 Å². The molecule has 104 valence electrons. The predicted molar refractivity (Wildman–Crippen MR) is 78.1 cm³/mol. The van der Waals surface area contributed by atoms with E-state index in [-0.39, 0.29) is 5.91 Å². The lowest BCUT2D eigenvalue weighted by atomic mass is 10.2. The number of nitrogens with two attached hydrogens (primary N) is 1. The first-order valence-corrected chi connectivity index (χ1v) is 6.98. The molecule has 1 aliphatic heterocycles. The summed E-state index contributed by atoms with van der Waals surface area (Å²) in [5.74, 6) is 0.0918. The third-order valence-electron chi connectivity index (χ3n) is 3.49. The zero-order valence-electron chi connectivity index (χ0n) is 11.6. The molecule has 1 atom stereocenters. The summed E-state index contributed by atoms with van der Waals surface area (Å²) in [7, 11) is 0. The van der Waals surface area contributed by atoms with Crippen molar-refractivity contribution in [3.63, 3.8) is 0 Å². The zero-order valence-corrected chi connectivity index (χ0v) is 11.6. The molecule has 1 aromatic rings. The molecule has 0 radical (unpaired) electrons. The van der Waals surface area contributed by atoms with Gasteiger partial charge >= 0.3 is 0 Å². The molecule has 0 saturated carbocycles. The number of likely N-dealkylation sites (tertiary alicyclic amines) is 1. The van der Waals surface area contributed by atoms with E-state index in [1.54, 1.807) is 0 Å². The predicted octanol–water partition coefficient (Wildman–Crippen LogP) is 1.75. The second kappa shape index (κ2) is 6.68. The number of hydrogen-bond donors (Lipinski definition) is 2. The van der Waals surface area contributed by atoms with Crippen molar-refractivity contribution in [1.82, 2.24) is 4.90 Å². The molecule has 0 unspecified atom stereocenters. The highest BCUT2D eigenvalue weighted by Gasteiger charge is 2.18. The summed E-state index contributed by atoms with van der Waals surface area (Å²) in [5.41, 5.74) is 7.89. The average molecular weight is 261 g/mol. The Balaban J connectivity index is 1.67. The fraction of sp³-hybridized carbons (Fsp3) is 0.533. The maximum Gasteiger partial charge on any atom is 0.224 e. The highest BCUT2D eigenvalue weighted by Crippen LogP contribution is 2.11. The Kier molecular flexibility index (Phi) is 4.93. The van der Waals surface area contributed by atoms with Crippen LogP contribution in [0.15, 0.2) is 24.3 Å². The second-order valence-corrected chi connectivity index (χ2v) is 5.37. The van der Waals surface area contributed by atoms with Crippen LogP contribution < -0.4 is 11.1 Å². The largest absolute Gasteiger partial charge is 0.326 e.